The number of carbonyl (C=O) groups is 2. The van der Waals surface area contributed by atoms with Gasteiger partial charge in [-0.25, -0.2) is 9.78 Å². The van der Waals surface area contributed by atoms with Crippen molar-refractivity contribution in [2.75, 3.05) is 29.9 Å². The highest BCUT2D eigenvalue weighted by molar-refractivity contribution is 5.89. The molecule has 7 nitrogen and oxygen atoms in total. The van der Waals surface area contributed by atoms with Crippen LogP contribution in [0.25, 0.3) is 0 Å². The fourth-order valence-corrected chi connectivity index (χ4v) is 2.64. The molecule has 3 rings (SSSR count). The zero-order valence-corrected chi connectivity index (χ0v) is 14.1. The van der Waals surface area contributed by atoms with Crippen LogP contribution < -0.4 is 20.9 Å². The topological polar surface area (TPSA) is 86.4 Å². The fourth-order valence-electron chi connectivity index (χ4n) is 2.64. The summed E-state index contributed by atoms with van der Waals surface area (Å²) >= 11 is 0. The van der Waals surface area contributed by atoms with E-state index < -0.39 is 0 Å². The molecule has 2 heterocycles. The molecule has 25 heavy (non-hydrogen) atoms. The van der Waals surface area contributed by atoms with Crippen molar-refractivity contribution >= 4 is 23.4 Å². The number of rotatable bonds is 4. The minimum Gasteiger partial charge on any atom is -0.353 e. The van der Waals surface area contributed by atoms with Gasteiger partial charge in [0.25, 0.3) is 0 Å². The van der Waals surface area contributed by atoms with Crippen LogP contribution in [0.15, 0.2) is 42.6 Å². The number of benzene rings is 1. The second kappa shape index (κ2) is 7.65. The second-order valence-electron chi connectivity index (χ2n) is 5.91. The fraction of sp³-hybridized carbons (Fsp3) is 0.278. The highest BCUT2D eigenvalue weighted by atomic mass is 16.2. The third-order valence-corrected chi connectivity index (χ3v) is 4.07. The zero-order chi connectivity index (χ0) is 17.6. The molecular weight excluding hydrogens is 318 g/mol. The van der Waals surface area contributed by atoms with Crippen LogP contribution in [-0.4, -0.2) is 36.6 Å². The lowest BCUT2D eigenvalue weighted by atomic mass is 10.1. The number of hydrogen-bond acceptors (Lipinski definition) is 4. The Labute approximate surface area is 146 Å². The van der Waals surface area contributed by atoms with E-state index in [1.54, 1.807) is 18.3 Å². The first-order valence-corrected chi connectivity index (χ1v) is 8.19. The Hall–Kier alpha value is -3.09. The number of aromatic nitrogens is 1. The Balaban J connectivity index is 1.53. The quantitative estimate of drug-likeness (QED) is 0.790. The molecule has 0 aliphatic carbocycles. The molecule has 7 heteroatoms. The van der Waals surface area contributed by atoms with Crippen LogP contribution in [0.1, 0.15) is 11.1 Å². The van der Waals surface area contributed by atoms with Crippen LogP contribution in [0.5, 0.6) is 0 Å². The number of nitrogens with zero attached hydrogens (tertiary/aromatic N) is 2. The van der Waals surface area contributed by atoms with Gasteiger partial charge in [-0.2, -0.15) is 0 Å². The van der Waals surface area contributed by atoms with E-state index in [2.05, 4.69) is 20.9 Å². The predicted molar refractivity (Wildman–Crippen MR) is 96.5 cm³/mol. The summed E-state index contributed by atoms with van der Waals surface area (Å²) in [6.07, 6.45) is 1.59. The van der Waals surface area contributed by atoms with Crippen LogP contribution in [0, 0.1) is 6.92 Å². The van der Waals surface area contributed by atoms with Crippen molar-refractivity contribution in [1.82, 2.24) is 15.6 Å². The smallest absolute Gasteiger partial charge is 0.319 e. The van der Waals surface area contributed by atoms with Gasteiger partial charge in [0.1, 0.15) is 5.82 Å². The molecule has 0 saturated carbocycles. The summed E-state index contributed by atoms with van der Waals surface area (Å²) in [5, 5.41) is 8.37. The molecule has 0 radical (unpaired) electrons. The summed E-state index contributed by atoms with van der Waals surface area (Å²) in [6, 6.07) is 11.2. The maximum atomic E-state index is 12.0. The highest BCUT2D eigenvalue weighted by Gasteiger charge is 2.17. The van der Waals surface area contributed by atoms with Crippen molar-refractivity contribution in [2.24, 2.45) is 0 Å². The molecule has 1 aromatic carbocycles. The van der Waals surface area contributed by atoms with E-state index in [1.165, 1.54) is 0 Å². The highest BCUT2D eigenvalue weighted by Crippen LogP contribution is 2.15. The average molecular weight is 339 g/mol. The lowest BCUT2D eigenvalue weighted by Gasteiger charge is -2.27. The van der Waals surface area contributed by atoms with Crippen molar-refractivity contribution in [3.05, 3.63) is 53.7 Å². The van der Waals surface area contributed by atoms with Gasteiger partial charge in [0, 0.05) is 19.6 Å². The third kappa shape index (κ3) is 4.47. The van der Waals surface area contributed by atoms with Crippen molar-refractivity contribution in [1.29, 1.82) is 0 Å². The predicted octanol–water partition coefficient (Wildman–Crippen LogP) is 1.65. The van der Waals surface area contributed by atoms with E-state index in [0.717, 1.165) is 23.5 Å². The molecule has 0 atom stereocenters. The number of nitrogens with one attached hydrogen (secondary N) is 3. The first-order chi connectivity index (χ1) is 12.1. The lowest BCUT2D eigenvalue weighted by molar-refractivity contribution is -0.120. The Morgan fingerprint density at radius 1 is 1.28 bits per heavy atom. The molecular formula is C18H21N5O2. The van der Waals surface area contributed by atoms with E-state index in [4.69, 9.17) is 0 Å². The Morgan fingerprint density at radius 2 is 2.12 bits per heavy atom. The number of aryl methyl sites for hydroxylation is 1. The van der Waals surface area contributed by atoms with E-state index in [-0.39, 0.29) is 11.9 Å². The molecule has 1 aliphatic heterocycles. The number of carbonyl (C=O) groups excluding carboxylic acids is 2. The van der Waals surface area contributed by atoms with Crippen molar-refractivity contribution < 1.29 is 9.59 Å². The second-order valence-corrected chi connectivity index (χ2v) is 5.91. The number of pyridine rings is 1. The number of amides is 3. The molecule has 0 unspecified atom stereocenters. The van der Waals surface area contributed by atoms with Gasteiger partial charge in [0.15, 0.2) is 0 Å². The van der Waals surface area contributed by atoms with Crippen LogP contribution in [0.2, 0.25) is 0 Å². The molecule has 2 aromatic rings. The minimum absolute atomic E-state index is 0.00849. The molecule has 3 N–H and O–H groups in total. The van der Waals surface area contributed by atoms with Crippen molar-refractivity contribution in [2.45, 2.75) is 13.5 Å². The van der Waals surface area contributed by atoms with E-state index >= 15 is 0 Å². The van der Waals surface area contributed by atoms with Gasteiger partial charge in [0.05, 0.1) is 18.4 Å². The van der Waals surface area contributed by atoms with Gasteiger partial charge < -0.3 is 20.9 Å². The maximum Gasteiger partial charge on any atom is 0.319 e. The Bertz CT molecular complexity index is 760. The third-order valence-electron chi connectivity index (χ3n) is 4.07. The van der Waals surface area contributed by atoms with Gasteiger partial charge in [-0.3, -0.25) is 4.79 Å². The number of urea groups is 1. The average Bonchev–Trinajstić information content (AvgIpc) is 2.62. The monoisotopic (exact) mass is 339 g/mol. The normalized spacial score (nSPS) is 14.0. The molecule has 1 aliphatic rings. The van der Waals surface area contributed by atoms with Gasteiger partial charge in [0.2, 0.25) is 5.91 Å². The van der Waals surface area contributed by atoms with Gasteiger partial charge in [-0.15, -0.1) is 0 Å². The number of hydrogen-bond donors (Lipinski definition) is 3. The summed E-state index contributed by atoms with van der Waals surface area (Å²) in [7, 11) is 0. The standard InChI is InChI=1S/C18H21N5O2/c1-13-4-2-3-5-14(13)10-21-18(25)22-15-6-7-16(20-11-15)23-9-8-19-17(24)12-23/h2-7,11H,8-10,12H2,1H3,(H,19,24)(H2,21,22,25). The van der Waals surface area contributed by atoms with Crippen LogP contribution >= 0.6 is 0 Å². The van der Waals surface area contributed by atoms with Crippen molar-refractivity contribution in [3.8, 4) is 0 Å². The summed E-state index contributed by atoms with van der Waals surface area (Å²) in [6.45, 7) is 4.12. The molecule has 1 fully saturated rings. The summed E-state index contributed by atoms with van der Waals surface area (Å²) in [5.41, 5.74) is 2.82. The lowest BCUT2D eigenvalue weighted by Crippen LogP contribution is -2.48. The first-order valence-electron chi connectivity index (χ1n) is 8.19. The first kappa shape index (κ1) is 16.8. The van der Waals surface area contributed by atoms with Crippen LogP contribution in [-0.2, 0) is 11.3 Å². The molecule has 0 spiro atoms. The molecule has 0 bridgehead atoms. The Kier molecular flexibility index (Phi) is 5.13. The number of piperazine rings is 1. The van der Waals surface area contributed by atoms with Crippen LogP contribution in [0.4, 0.5) is 16.3 Å². The van der Waals surface area contributed by atoms with E-state index in [9.17, 15) is 9.59 Å². The molecule has 3 amide bonds. The number of anilines is 2. The molecule has 1 aromatic heterocycles. The SMILES string of the molecule is Cc1ccccc1CNC(=O)Nc1ccc(N2CCNC(=O)C2)nc1. The van der Waals surface area contributed by atoms with Crippen molar-refractivity contribution in [3.63, 3.8) is 0 Å². The van der Waals surface area contributed by atoms with Gasteiger partial charge in [-0.1, -0.05) is 24.3 Å². The van der Waals surface area contributed by atoms with E-state index in [0.29, 0.717) is 25.3 Å². The molecule has 1 saturated heterocycles. The maximum absolute atomic E-state index is 12.0. The Morgan fingerprint density at radius 3 is 2.84 bits per heavy atom. The van der Waals surface area contributed by atoms with Gasteiger partial charge >= 0.3 is 6.03 Å². The van der Waals surface area contributed by atoms with Gasteiger partial charge in [-0.05, 0) is 30.2 Å². The summed E-state index contributed by atoms with van der Waals surface area (Å²) in [5.74, 6) is 0.714. The van der Waals surface area contributed by atoms with Crippen LogP contribution in [0.3, 0.4) is 0 Å². The molecule has 130 valence electrons. The largest absolute Gasteiger partial charge is 0.353 e. The summed E-state index contributed by atoms with van der Waals surface area (Å²) < 4.78 is 0. The zero-order valence-electron chi connectivity index (χ0n) is 14.1. The summed E-state index contributed by atoms with van der Waals surface area (Å²) in [4.78, 5) is 29.7. The van der Waals surface area contributed by atoms with E-state index in [1.807, 2.05) is 36.1 Å². The minimum atomic E-state index is -0.282.